The van der Waals surface area contributed by atoms with Crippen LogP contribution >= 0.6 is 23.8 Å². The number of hydrogen-bond donors (Lipinski definition) is 3. The number of aryl methyl sites for hydroxylation is 1. The highest BCUT2D eigenvalue weighted by Gasteiger charge is 2.24. The molecule has 32 heavy (non-hydrogen) atoms. The zero-order chi connectivity index (χ0) is 22.7. The summed E-state index contributed by atoms with van der Waals surface area (Å²) in [5.74, 6) is 1.85. The third-order valence-corrected chi connectivity index (χ3v) is 7.13. The molecule has 2 aliphatic rings. The summed E-state index contributed by atoms with van der Waals surface area (Å²) in [4.78, 5) is 11.8. The van der Waals surface area contributed by atoms with Crippen LogP contribution < -0.4 is 20.9 Å². The van der Waals surface area contributed by atoms with Gasteiger partial charge in [0.25, 0.3) is 0 Å². The lowest BCUT2D eigenvalue weighted by atomic mass is 9.91. The van der Waals surface area contributed by atoms with Crippen LogP contribution in [0.3, 0.4) is 0 Å². The van der Waals surface area contributed by atoms with Crippen molar-refractivity contribution in [3.8, 4) is 0 Å². The first kappa shape index (κ1) is 23.1. The smallest absolute Gasteiger partial charge is 0.225 e. The minimum atomic E-state index is 0.370. The van der Waals surface area contributed by atoms with Gasteiger partial charge in [-0.2, -0.15) is 4.98 Å². The molecule has 0 spiro atoms. The number of thiocarbonyl (C=S) groups is 1. The molecule has 0 saturated heterocycles. The van der Waals surface area contributed by atoms with Gasteiger partial charge in [0.05, 0.1) is 5.69 Å². The fourth-order valence-corrected chi connectivity index (χ4v) is 5.11. The molecule has 0 bridgehead atoms. The maximum Gasteiger partial charge on any atom is 0.225 e. The van der Waals surface area contributed by atoms with Crippen molar-refractivity contribution in [2.75, 3.05) is 29.6 Å². The Morgan fingerprint density at radius 1 is 1.06 bits per heavy atom. The molecule has 172 valence electrons. The molecule has 1 heterocycles. The SMILES string of the molecule is Cc1c(Cl)cccc1NC(=S)N[C@H]1CC[C@@H](Nc2nc3c(c(N(C)C)n2)CCCC3)CC1. The van der Waals surface area contributed by atoms with Crippen molar-refractivity contribution >= 4 is 46.4 Å². The maximum atomic E-state index is 6.21. The van der Waals surface area contributed by atoms with Gasteiger partial charge in [0.15, 0.2) is 5.11 Å². The van der Waals surface area contributed by atoms with Gasteiger partial charge in [0.2, 0.25) is 5.95 Å². The third kappa shape index (κ3) is 5.44. The number of nitrogens with one attached hydrogen (secondary N) is 3. The summed E-state index contributed by atoms with van der Waals surface area (Å²) in [5, 5.41) is 11.8. The Hall–Kier alpha value is -2.12. The summed E-state index contributed by atoms with van der Waals surface area (Å²) in [6, 6.07) is 6.58. The highest BCUT2D eigenvalue weighted by molar-refractivity contribution is 7.80. The molecule has 0 atom stereocenters. The summed E-state index contributed by atoms with van der Waals surface area (Å²) < 4.78 is 0. The summed E-state index contributed by atoms with van der Waals surface area (Å²) >= 11 is 11.8. The van der Waals surface area contributed by atoms with E-state index in [1.165, 1.54) is 24.1 Å². The van der Waals surface area contributed by atoms with Gasteiger partial charge >= 0.3 is 0 Å². The van der Waals surface area contributed by atoms with Crippen molar-refractivity contribution in [1.29, 1.82) is 0 Å². The Labute approximate surface area is 201 Å². The molecule has 0 aliphatic heterocycles. The lowest BCUT2D eigenvalue weighted by Gasteiger charge is -2.31. The molecular formula is C24H33ClN6S. The van der Waals surface area contributed by atoms with Crippen LogP contribution in [0.4, 0.5) is 17.5 Å². The number of rotatable bonds is 5. The van der Waals surface area contributed by atoms with Crippen molar-refractivity contribution < 1.29 is 0 Å². The van der Waals surface area contributed by atoms with E-state index in [1.807, 2.05) is 25.1 Å². The van der Waals surface area contributed by atoms with Gasteiger partial charge in [-0.25, -0.2) is 4.98 Å². The first-order valence-corrected chi connectivity index (χ1v) is 12.4. The highest BCUT2D eigenvalue weighted by atomic mass is 35.5. The number of fused-ring (bicyclic) bond motifs is 1. The first-order chi connectivity index (χ1) is 15.4. The van der Waals surface area contributed by atoms with Crippen LogP contribution in [0.15, 0.2) is 18.2 Å². The zero-order valence-corrected chi connectivity index (χ0v) is 20.7. The largest absolute Gasteiger partial charge is 0.362 e. The van der Waals surface area contributed by atoms with Crippen LogP contribution in [0.25, 0.3) is 0 Å². The fourth-order valence-electron chi connectivity index (χ4n) is 4.66. The molecule has 2 aliphatic carbocycles. The van der Waals surface area contributed by atoms with Crippen molar-refractivity contribution in [2.24, 2.45) is 0 Å². The molecule has 1 saturated carbocycles. The van der Waals surface area contributed by atoms with Gasteiger partial charge in [-0.3, -0.25) is 0 Å². The van der Waals surface area contributed by atoms with E-state index < -0.39 is 0 Å². The Morgan fingerprint density at radius 2 is 1.78 bits per heavy atom. The molecular weight excluding hydrogens is 440 g/mol. The van der Waals surface area contributed by atoms with Gasteiger partial charge in [0.1, 0.15) is 5.82 Å². The molecule has 2 aromatic rings. The maximum absolute atomic E-state index is 6.21. The van der Waals surface area contributed by atoms with Crippen LogP contribution in [-0.4, -0.2) is 41.3 Å². The van der Waals surface area contributed by atoms with Gasteiger partial charge in [0, 0.05) is 42.5 Å². The number of benzene rings is 1. The van der Waals surface area contributed by atoms with Crippen LogP contribution in [0.5, 0.6) is 0 Å². The van der Waals surface area contributed by atoms with E-state index in [-0.39, 0.29) is 0 Å². The molecule has 0 unspecified atom stereocenters. The standard InChI is InChI=1S/C24H33ClN6S/c1-15-19(25)8-6-10-20(15)29-24(32)27-17-13-11-16(12-14-17)26-23-28-21-9-5-4-7-18(21)22(30-23)31(2)3/h6,8,10,16-17H,4-5,7,9,11-14H2,1-3H3,(H,26,28,30)(H2,27,29,32)/t16-,17+. The van der Waals surface area contributed by atoms with Gasteiger partial charge in [-0.05, 0) is 88.2 Å². The predicted octanol–water partition coefficient (Wildman–Crippen LogP) is 5.09. The molecule has 0 radical (unpaired) electrons. The van der Waals surface area contributed by atoms with Crippen LogP contribution in [0.2, 0.25) is 5.02 Å². The van der Waals surface area contributed by atoms with E-state index in [9.17, 15) is 0 Å². The van der Waals surface area contributed by atoms with E-state index >= 15 is 0 Å². The molecule has 3 N–H and O–H groups in total. The first-order valence-electron chi connectivity index (χ1n) is 11.6. The van der Waals surface area contributed by atoms with Crippen molar-refractivity contribution in [3.05, 3.63) is 40.0 Å². The Balaban J connectivity index is 1.31. The molecule has 1 aromatic heterocycles. The Bertz CT molecular complexity index is 971. The van der Waals surface area contributed by atoms with Gasteiger partial charge in [-0.1, -0.05) is 17.7 Å². The Kier molecular flexibility index (Phi) is 7.36. The van der Waals surface area contributed by atoms with E-state index in [4.69, 9.17) is 33.8 Å². The van der Waals surface area contributed by atoms with Crippen LogP contribution in [-0.2, 0) is 12.8 Å². The second kappa shape index (κ2) is 10.2. The lowest BCUT2D eigenvalue weighted by Crippen LogP contribution is -2.42. The van der Waals surface area contributed by atoms with E-state index in [1.54, 1.807) is 0 Å². The molecule has 1 fully saturated rings. The average molecular weight is 473 g/mol. The zero-order valence-electron chi connectivity index (χ0n) is 19.2. The fraction of sp³-hybridized carbons (Fsp3) is 0.542. The average Bonchev–Trinajstić information content (AvgIpc) is 2.77. The minimum Gasteiger partial charge on any atom is -0.362 e. The monoisotopic (exact) mass is 472 g/mol. The van der Waals surface area contributed by atoms with Crippen molar-refractivity contribution in [1.82, 2.24) is 15.3 Å². The lowest BCUT2D eigenvalue weighted by molar-refractivity contribution is 0.387. The minimum absolute atomic E-state index is 0.370. The van der Waals surface area contributed by atoms with Crippen LogP contribution in [0, 0.1) is 6.92 Å². The second-order valence-corrected chi connectivity index (χ2v) is 9.92. The Morgan fingerprint density at radius 3 is 2.53 bits per heavy atom. The van der Waals surface area contributed by atoms with Gasteiger partial charge < -0.3 is 20.9 Å². The van der Waals surface area contributed by atoms with E-state index in [0.29, 0.717) is 17.2 Å². The summed E-state index contributed by atoms with van der Waals surface area (Å²) in [6.07, 6.45) is 8.83. The van der Waals surface area contributed by atoms with Gasteiger partial charge in [-0.15, -0.1) is 0 Å². The number of nitrogens with zero attached hydrogens (tertiary/aromatic N) is 3. The number of anilines is 3. The van der Waals surface area contributed by atoms with Crippen molar-refractivity contribution in [3.63, 3.8) is 0 Å². The van der Waals surface area contributed by atoms with Crippen molar-refractivity contribution in [2.45, 2.75) is 70.4 Å². The molecule has 4 rings (SSSR count). The number of halogens is 1. The normalized spacial score (nSPS) is 20.2. The predicted molar refractivity (Wildman–Crippen MR) is 138 cm³/mol. The molecule has 1 aromatic carbocycles. The number of hydrogen-bond acceptors (Lipinski definition) is 5. The highest BCUT2D eigenvalue weighted by Crippen LogP contribution is 2.29. The second-order valence-electron chi connectivity index (χ2n) is 9.10. The molecule has 6 nitrogen and oxygen atoms in total. The van der Waals surface area contributed by atoms with Crippen LogP contribution in [0.1, 0.15) is 55.3 Å². The van der Waals surface area contributed by atoms with E-state index in [0.717, 1.165) is 66.6 Å². The molecule has 0 amide bonds. The molecule has 8 heteroatoms. The summed E-state index contributed by atoms with van der Waals surface area (Å²) in [6.45, 7) is 1.99. The topological polar surface area (TPSA) is 65.1 Å². The summed E-state index contributed by atoms with van der Waals surface area (Å²) in [7, 11) is 4.14. The summed E-state index contributed by atoms with van der Waals surface area (Å²) in [5.41, 5.74) is 4.51. The quantitative estimate of drug-likeness (QED) is 0.523. The number of aromatic nitrogens is 2. The van der Waals surface area contributed by atoms with E-state index in [2.05, 4.69) is 34.9 Å². The third-order valence-electron chi connectivity index (χ3n) is 6.50.